The SMILES string of the molecule is CN(C)c1ccnc(/C(=C\N)C(=O)N/C(C=NC2CCC(CN3CCN(CC#Cc4cccc5c4n(C)c(=O)n5C4CCC(=O)NC4=O)CC3)CC2)=C(/N)C(F)F)n1. The fourth-order valence-corrected chi connectivity index (χ4v) is 7.63. The third kappa shape index (κ3) is 9.60. The molecule has 2 aromatic heterocycles. The Morgan fingerprint density at radius 1 is 1.09 bits per heavy atom. The first-order valence-electron chi connectivity index (χ1n) is 19.4. The van der Waals surface area contributed by atoms with Gasteiger partial charge in [-0.25, -0.2) is 23.5 Å². The average Bonchev–Trinajstić information content (AvgIpc) is 3.46. The predicted molar refractivity (Wildman–Crippen MR) is 216 cm³/mol. The Morgan fingerprint density at radius 3 is 2.48 bits per heavy atom. The van der Waals surface area contributed by atoms with E-state index in [0.717, 1.165) is 64.6 Å². The van der Waals surface area contributed by atoms with E-state index < -0.39 is 30.0 Å². The third-order valence-electron chi connectivity index (χ3n) is 10.9. The highest BCUT2D eigenvalue weighted by atomic mass is 19.3. The molecule has 4 heterocycles. The number of benzene rings is 1. The van der Waals surface area contributed by atoms with Crippen molar-refractivity contribution in [3.8, 4) is 11.8 Å². The number of anilines is 1. The molecule has 1 saturated carbocycles. The van der Waals surface area contributed by atoms with Gasteiger partial charge in [0.15, 0.2) is 5.82 Å². The van der Waals surface area contributed by atoms with Gasteiger partial charge in [0.25, 0.3) is 12.3 Å². The monoisotopic (exact) mass is 800 g/mol. The third-order valence-corrected chi connectivity index (χ3v) is 10.9. The number of alkyl halides is 2. The number of aryl methyl sites for hydroxylation is 1. The van der Waals surface area contributed by atoms with Gasteiger partial charge in [0.2, 0.25) is 11.8 Å². The zero-order valence-corrected chi connectivity index (χ0v) is 33.0. The number of halogens is 2. The Morgan fingerprint density at radius 2 is 1.81 bits per heavy atom. The lowest BCUT2D eigenvalue weighted by Crippen LogP contribution is -2.48. The first kappa shape index (κ1) is 41.7. The summed E-state index contributed by atoms with van der Waals surface area (Å²) in [5.74, 6) is 5.99. The van der Waals surface area contributed by atoms with Crippen molar-refractivity contribution in [1.29, 1.82) is 0 Å². The number of imidazole rings is 1. The fraction of sp³-hybridized carbons (Fsp3) is 0.475. The van der Waals surface area contributed by atoms with Crippen LogP contribution in [0.2, 0.25) is 0 Å². The Hall–Kier alpha value is -5.93. The lowest BCUT2D eigenvalue weighted by atomic mass is 9.86. The van der Waals surface area contributed by atoms with Crippen LogP contribution in [-0.4, -0.2) is 119 Å². The number of rotatable bonds is 11. The average molecular weight is 801 g/mol. The minimum absolute atomic E-state index is 0.0352. The molecular weight excluding hydrogens is 751 g/mol. The number of piperidine rings is 1. The van der Waals surface area contributed by atoms with Crippen LogP contribution in [0.5, 0.6) is 0 Å². The molecular formula is C40H50F2N12O4. The Bertz CT molecular complexity index is 2240. The molecule has 3 amide bonds. The van der Waals surface area contributed by atoms with Crippen LogP contribution in [0.3, 0.4) is 0 Å². The molecule has 2 saturated heterocycles. The predicted octanol–water partition coefficient (Wildman–Crippen LogP) is 1.32. The molecule has 0 bridgehead atoms. The molecule has 1 aromatic carbocycles. The molecule has 3 aliphatic rings. The molecule has 3 aromatic rings. The second kappa shape index (κ2) is 18.6. The van der Waals surface area contributed by atoms with Gasteiger partial charge in [0.1, 0.15) is 17.6 Å². The second-order valence-electron chi connectivity index (χ2n) is 15.0. The van der Waals surface area contributed by atoms with E-state index in [2.05, 4.69) is 47.2 Å². The first-order chi connectivity index (χ1) is 27.8. The van der Waals surface area contributed by atoms with Gasteiger partial charge in [-0.05, 0) is 56.2 Å². The molecule has 3 fully saturated rings. The van der Waals surface area contributed by atoms with Gasteiger partial charge in [-0.2, -0.15) is 0 Å². The number of hydrogen-bond donors (Lipinski definition) is 4. The van der Waals surface area contributed by atoms with Crippen LogP contribution in [0.15, 0.2) is 57.8 Å². The Labute approximate surface area is 335 Å². The summed E-state index contributed by atoms with van der Waals surface area (Å²) in [6.45, 7) is 5.07. The number of para-hydroxylation sites is 1. The lowest BCUT2D eigenvalue weighted by molar-refractivity contribution is -0.135. The summed E-state index contributed by atoms with van der Waals surface area (Å²) in [5, 5.41) is 4.78. The zero-order chi connectivity index (χ0) is 41.5. The summed E-state index contributed by atoms with van der Waals surface area (Å²) in [6.07, 6.45) is 4.57. The smallest absolute Gasteiger partial charge is 0.329 e. The highest BCUT2D eigenvalue weighted by Crippen LogP contribution is 2.28. The molecule has 1 atom stereocenters. The van der Waals surface area contributed by atoms with E-state index >= 15 is 0 Å². The number of carbonyl (C=O) groups is 3. The van der Waals surface area contributed by atoms with E-state index in [-0.39, 0.29) is 47.6 Å². The molecule has 6 N–H and O–H groups in total. The number of carbonyl (C=O) groups excluding carboxylic acids is 3. The summed E-state index contributed by atoms with van der Waals surface area (Å²) in [6, 6.07) is 6.29. The Kier molecular flexibility index (Phi) is 13.3. The van der Waals surface area contributed by atoms with Crippen molar-refractivity contribution in [2.24, 2.45) is 29.4 Å². The summed E-state index contributed by atoms with van der Waals surface area (Å²) in [4.78, 5) is 70.1. The molecule has 1 unspecified atom stereocenters. The standard InChI is InChI=1S/C40H50F2N12O4/c1-50(2)32-15-16-45-37(48-32)28(22-43)38(56)47-29(34(44)36(41)42)23-46-27-11-9-25(10-12-27)24-53-20-18-52(19-21-53)17-5-7-26-6-4-8-30-35(26)51(3)40(58)54(30)31-13-14-33(55)49-39(31)57/h4,6,8,15-16,22-23,25,27,31,36H,9-14,17-21,24,43-44H2,1-3H3,(H,47,56)(H,49,55,57)/b28-22+,34-29+,46-23?. The van der Waals surface area contributed by atoms with Crippen LogP contribution in [0.1, 0.15) is 56.0 Å². The first-order valence-corrected chi connectivity index (χ1v) is 19.4. The van der Waals surface area contributed by atoms with Crippen molar-refractivity contribution in [2.45, 2.75) is 57.0 Å². The molecule has 6 rings (SSSR count). The number of hydrogen-bond acceptors (Lipinski definition) is 12. The van der Waals surface area contributed by atoms with E-state index in [1.54, 1.807) is 38.2 Å². The van der Waals surface area contributed by atoms with Crippen molar-refractivity contribution in [2.75, 3.05) is 58.3 Å². The van der Waals surface area contributed by atoms with E-state index in [0.29, 0.717) is 34.9 Å². The molecule has 1 aliphatic carbocycles. The minimum Gasteiger partial charge on any atom is -0.404 e. The number of nitrogens with two attached hydrogens (primary N) is 2. The fourth-order valence-electron chi connectivity index (χ4n) is 7.63. The number of piperazine rings is 1. The topological polar surface area (TPSA) is 202 Å². The maximum absolute atomic E-state index is 13.7. The molecule has 18 heteroatoms. The molecule has 308 valence electrons. The van der Waals surface area contributed by atoms with Gasteiger partial charge in [-0.15, -0.1) is 0 Å². The number of aromatic nitrogens is 4. The molecule has 58 heavy (non-hydrogen) atoms. The molecule has 16 nitrogen and oxygen atoms in total. The highest BCUT2D eigenvalue weighted by molar-refractivity contribution is 6.19. The number of aliphatic imine (C=N–C) groups is 1. The quantitative estimate of drug-likeness (QED) is 0.0944. The number of amides is 3. The number of nitrogens with one attached hydrogen (secondary N) is 2. The molecule has 0 spiro atoms. The van der Waals surface area contributed by atoms with Gasteiger partial charge in [0.05, 0.1) is 40.5 Å². The van der Waals surface area contributed by atoms with Gasteiger partial charge in [0, 0.05) is 78.9 Å². The summed E-state index contributed by atoms with van der Waals surface area (Å²) < 4.78 is 30.4. The lowest BCUT2D eigenvalue weighted by Gasteiger charge is -2.37. The minimum atomic E-state index is -3.01. The van der Waals surface area contributed by atoms with Crippen LogP contribution >= 0.6 is 0 Å². The van der Waals surface area contributed by atoms with Crippen LogP contribution in [0, 0.1) is 17.8 Å². The van der Waals surface area contributed by atoms with Gasteiger partial charge < -0.3 is 26.6 Å². The van der Waals surface area contributed by atoms with Gasteiger partial charge in [-0.3, -0.25) is 38.7 Å². The van der Waals surface area contributed by atoms with Crippen LogP contribution in [0.4, 0.5) is 14.6 Å². The second-order valence-corrected chi connectivity index (χ2v) is 15.0. The van der Waals surface area contributed by atoms with E-state index in [1.807, 2.05) is 12.1 Å². The van der Waals surface area contributed by atoms with Crippen molar-refractivity contribution in [1.82, 2.24) is 39.5 Å². The molecule has 2 aliphatic heterocycles. The van der Waals surface area contributed by atoms with Crippen molar-refractivity contribution < 1.29 is 23.2 Å². The maximum atomic E-state index is 13.7. The Balaban J connectivity index is 0.982. The maximum Gasteiger partial charge on any atom is 0.329 e. The van der Waals surface area contributed by atoms with Crippen LogP contribution in [-0.2, 0) is 21.4 Å². The number of imide groups is 1. The number of nitrogens with zero attached hydrogens (tertiary/aromatic N) is 8. The van der Waals surface area contributed by atoms with Gasteiger partial charge in [-0.1, -0.05) is 17.9 Å². The van der Waals surface area contributed by atoms with Crippen molar-refractivity contribution >= 4 is 46.4 Å². The van der Waals surface area contributed by atoms with Crippen molar-refractivity contribution in [3.63, 3.8) is 0 Å². The normalized spacial score (nSPS) is 21.5. The van der Waals surface area contributed by atoms with Gasteiger partial charge >= 0.3 is 5.69 Å². The zero-order valence-electron chi connectivity index (χ0n) is 33.0. The molecule has 0 radical (unpaired) electrons. The summed E-state index contributed by atoms with van der Waals surface area (Å²) >= 11 is 0. The van der Waals surface area contributed by atoms with Crippen molar-refractivity contribution in [3.05, 3.63) is 69.9 Å². The van der Waals surface area contributed by atoms with Crippen LogP contribution < -0.4 is 32.7 Å². The largest absolute Gasteiger partial charge is 0.404 e. The summed E-state index contributed by atoms with van der Waals surface area (Å²) in [5.41, 5.74) is 11.9. The number of fused-ring (bicyclic) bond motifs is 1. The highest BCUT2D eigenvalue weighted by Gasteiger charge is 2.32. The number of allylic oxidation sites excluding steroid dienone is 2. The van der Waals surface area contributed by atoms with E-state index in [9.17, 15) is 28.0 Å². The van der Waals surface area contributed by atoms with Crippen LogP contribution in [0.25, 0.3) is 16.6 Å². The van der Waals surface area contributed by atoms with E-state index in [1.165, 1.54) is 21.5 Å². The summed E-state index contributed by atoms with van der Waals surface area (Å²) in [7, 11) is 5.22. The van der Waals surface area contributed by atoms with E-state index in [4.69, 9.17) is 11.5 Å².